The molecular weight excluding hydrogens is 210 g/mol. The minimum Gasteiger partial charge on any atom is -0.345 e. The molecule has 2 nitrogen and oxygen atoms in total. The molecule has 1 aromatic carbocycles. The highest BCUT2D eigenvalue weighted by Crippen LogP contribution is 2.40. The first-order chi connectivity index (χ1) is 8.25. The van der Waals surface area contributed by atoms with Crippen molar-refractivity contribution in [1.82, 2.24) is 4.90 Å². The Bertz CT molecular complexity index is 440. The molecule has 0 aromatic heterocycles. The lowest BCUT2D eigenvalue weighted by atomic mass is 9.74. The topological polar surface area (TPSA) is 20.3 Å². The van der Waals surface area contributed by atoms with Crippen LogP contribution in [-0.4, -0.2) is 24.4 Å². The lowest BCUT2D eigenvalue weighted by Gasteiger charge is -2.33. The molecule has 1 aliphatic heterocycles. The summed E-state index contributed by atoms with van der Waals surface area (Å²) in [6.45, 7) is 0.903. The molecule has 1 saturated heterocycles. The maximum atomic E-state index is 11.8. The maximum absolute atomic E-state index is 11.8. The summed E-state index contributed by atoms with van der Waals surface area (Å²) in [5, 5.41) is 0. The first-order valence-electron chi connectivity index (χ1n) is 6.57. The molecular formula is C15H19NO. The van der Waals surface area contributed by atoms with Crippen LogP contribution in [0.25, 0.3) is 0 Å². The molecule has 1 aromatic rings. The van der Waals surface area contributed by atoms with Gasteiger partial charge in [-0.15, -0.1) is 0 Å². The Morgan fingerprint density at radius 2 is 1.94 bits per heavy atom. The van der Waals surface area contributed by atoms with E-state index in [4.69, 9.17) is 0 Å². The summed E-state index contributed by atoms with van der Waals surface area (Å²) in [7, 11) is 1.95. The molecule has 0 unspecified atom stereocenters. The van der Waals surface area contributed by atoms with E-state index in [1.165, 1.54) is 24.0 Å². The number of benzene rings is 1. The van der Waals surface area contributed by atoms with Gasteiger partial charge in [-0.3, -0.25) is 4.79 Å². The molecule has 0 saturated carbocycles. The Morgan fingerprint density at radius 3 is 2.82 bits per heavy atom. The third kappa shape index (κ3) is 1.86. The van der Waals surface area contributed by atoms with Gasteiger partial charge < -0.3 is 4.90 Å². The number of nitrogens with zero attached hydrogens (tertiary/aromatic N) is 1. The number of aryl methyl sites for hydroxylation is 1. The molecule has 2 aliphatic rings. The lowest BCUT2D eigenvalue weighted by Crippen LogP contribution is -2.31. The molecule has 0 spiro atoms. The van der Waals surface area contributed by atoms with E-state index in [0.29, 0.717) is 17.7 Å². The van der Waals surface area contributed by atoms with Gasteiger partial charge in [0, 0.05) is 25.9 Å². The second-order valence-corrected chi connectivity index (χ2v) is 5.42. The van der Waals surface area contributed by atoms with Crippen molar-refractivity contribution in [3.05, 3.63) is 35.4 Å². The van der Waals surface area contributed by atoms with Crippen LogP contribution < -0.4 is 0 Å². The van der Waals surface area contributed by atoms with Crippen LogP contribution in [0.3, 0.4) is 0 Å². The second kappa shape index (κ2) is 4.17. The largest absolute Gasteiger partial charge is 0.345 e. The number of rotatable bonds is 0. The molecule has 0 radical (unpaired) electrons. The predicted molar refractivity (Wildman–Crippen MR) is 67.9 cm³/mol. The number of hydrogen-bond donors (Lipinski definition) is 0. The van der Waals surface area contributed by atoms with Crippen molar-refractivity contribution in [2.75, 3.05) is 13.6 Å². The average Bonchev–Trinajstić information content (AvgIpc) is 2.50. The van der Waals surface area contributed by atoms with Crippen LogP contribution in [0.4, 0.5) is 0 Å². The van der Waals surface area contributed by atoms with Gasteiger partial charge in [0.15, 0.2) is 0 Å². The number of likely N-dealkylation sites (tertiary alicyclic amines) is 1. The van der Waals surface area contributed by atoms with Crippen LogP contribution in [0.1, 0.15) is 36.3 Å². The predicted octanol–water partition coefficient (Wildman–Crippen LogP) is 2.58. The Morgan fingerprint density at radius 1 is 1.18 bits per heavy atom. The zero-order valence-electron chi connectivity index (χ0n) is 10.4. The van der Waals surface area contributed by atoms with E-state index in [1.807, 2.05) is 11.9 Å². The molecule has 3 rings (SSSR count). The zero-order valence-corrected chi connectivity index (χ0v) is 10.4. The standard InChI is InChI=1S/C15H19NO/c1-16-10-14-12(8-9-15(16)17)7-6-11-4-2-3-5-13(11)14/h2-5,12,14H,6-10H2,1H3/t12-,14-/m0/s1. The lowest BCUT2D eigenvalue weighted by molar-refractivity contribution is -0.129. The molecule has 1 amide bonds. The van der Waals surface area contributed by atoms with Gasteiger partial charge in [0.25, 0.3) is 0 Å². The molecule has 1 aliphatic carbocycles. The van der Waals surface area contributed by atoms with Crippen LogP contribution >= 0.6 is 0 Å². The van der Waals surface area contributed by atoms with Gasteiger partial charge in [-0.1, -0.05) is 24.3 Å². The molecule has 0 bridgehead atoms. The summed E-state index contributed by atoms with van der Waals surface area (Å²) in [5.41, 5.74) is 2.99. The molecule has 0 N–H and O–H groups in total. The number of likely N-dealkylation sites (N-methyl/N-ethyl adjacent to an activating group) is 1. The highest BCUT2D eigenvalue weighted by molar-refractivity contribution is 5.76. The summed E-state index contributed by atoms with van der Waals surface area (Å²) in [4.78, 5) is 13.7. The first kappa shape index (κ1) is 10.8. The third-order valence-corrected chi connectivity index (χ3v) is 4.43. The van der Waals surface area contributed by atoms with Crippen LogP contribution in [0.15, 0.2) is 24.3 Å². The van der Waals surface area contributed by atoms with Crippen molar-refractivity contribution in [2.45, 2.75) is 31.6 Å². The van der Waals surface area contributed by atoms with E-state index in [9.17, 15) is 4.79 Å². The highest BCUT2D eigenvalue weighted by Gasteiger charge is 2.33. The first-order valence-corrected chi connectivity index (χ1v) is 6.57. The van der Waals surface area contributed by atoms with Gasteiger partial charge in [0.1, 0.15) is 0 Å². The zero-order chi connectivity index (χ0) is 11.8. The molecule has 1 heterocycles. The number of amides is 1. The molecule has 90 valence electrons. The van der Waals surface area contributed by atoms with Gasteiger partial charge in [0.05, 0.1) is 0 Å². The monoisotopic (exact) mass is 229 g/mol. The minimum atomic E-state index is 0.317. The summed E-state index contributed by atoms with van der Waals surface area (Å²) >= 11 is 0. The normalized spacial score (nSPS) is 28.3. The summed E-state index contributed by atoms with van der Waals surface area (Å²) in [6, 6.07) is 8.77. The second-order valence-electron chi connectivity index (χ2n) is 5.42. The van der Waals surface area contributed by atoms with Gasteiger partial charge in [0.2, 0.25) is 5.91 Å². The van der Waals surface area contributed by atoms with E-state index in [-0.39, 0.29) is 0 Å². The Hall–Kier alpha value is -1.31. The van der Waals surface area contributed by atoms with Crippen molar-refractivity contribution < 1.29 is 4.79 Å². The molecule has 1 fully saturated rings. The van der Waals surface area contributed by atoms with Gasteiger partial charge in [-0.05, 0) is 36.3 Å². The van der Waals surface area contributed by atoms with Crippen molar-refractivity contribution in [3.8, 4) is 0 Å². The Balaban J connectivity index is 1.97. The van der Waals surface area contributed by atoms with Gasteiger partial charge in [-0.25, -0.2) is 0 Å². The number of carbonyl (C=O) groups is 1. The summed E-state index contributed by atoms with van der Waals surface area (Å²) in [6.07, 6.45) is 4.25. The third-order valence-electron chi connectivity index (χ3n) is 4.43. The van der Waals surface area contributed by atoms with Crippen LogP contribution in [-0.2, 0) is 11.2 Å². The van der Waals surface area contributed by atoms with Crippen LogP contribution in [0, 0.1) is 5.92 Å². The van der Waals surface area contributed by atoms with Crippen molar-refractivity contribution in [3.63, 3.8) is 0 Å². The summed E-state index contributed by atoms with van der Waals surface area (Å²) < 4.78 is 0. The van der Waals surface area contributed by atoms with E-state index < -0.39 is 0 Å². The fraction of sp³-hybridized carbons (Fsp3) is 0.533. The van der Waals surface area contributed by atoms with Crippen LogP contribution in [0.5, 0.6) is 0 Å². The van der Waals surface area contributed by atoms with Crippen LogP contribution in [0.2, 0.25) is 0 Å². The minimum absolute atomic E-state index is 0.317. The maximum Gasteiger partial charge on any atom is 0.222 e. The number of hydrogen-bond acceptors (Lipinski definition) is 1. The number of fused-ring (bicyclic) bond motifs is 3. The Kier molecular flexibility index (Phi) is 2.65. The van der Waals surface area contributed by atoms with E-state index in [1.54, 1.807) is 0 Å². The van der Waals surface area contributed by atoms with Gasteiger partial charge >= 0.3 is 0 Å². The van der Waals surface area contributed by atoms with Crippen molar-refractivity contribution in [2.24, 2.45) is 5.92 Å². The SMILES string of the molecule is CN1C[C@@H]2c3ccccc3CC[C@H]2CCC1=O. The van der Waals surface area contributed by atoms with E-state index in [2.05, 4.69) is 24.3 Å². The molecule has 2 atom stereocenters. The summed E-state index contributed by atoms with van der Waals surface area (Å²) in [5.74, 6) is 1.59. The smallest absolute Gasteiger partial charge is 0.222 e. The fourth-order valence-electron chi connectivity index (χ4n) is 3.41. The van der Waals surface area contributed by atoms with E-state index >= 15 is 0 Å². The highest BCUT2D eigenvalue weighted by atomic mass is 16.2. The quantitative estimate of drug-likeness (QED) is 0.669. The molecule has 17 heavy (non-hydrogen) atoms. The van der Waals surface area contributed by atoms with Crippen molar-refractivity contribution in [1.29, 1.82) is 0 Å². The Labute approximate surface area is 103 Å². The van der Waals surface area contributed by atoms with Crippen molar-refractivity contribution >= 4 is 5.91 Å². The number of carbonyl (C=O) groups excluding carboxylic acids is 1. The fourth-order valence-corrected chi connectivity index (χ4v) is 3.41. The van der Waals surface area contributed by atoms with E-state index in [0.717, 1.165) is 19.4 Å². The average molecular weight is 229 g/mol. The molecule has 2 heteroatoms. The van der Waals surface area contributed by atoms with Gasteiger partial charge in [-0.2, -0.15) is 0 Å².